The zero-order valence-corrected chi connectivity index (χ0v) is 6.65. The Morgan fingerprint density at radius 1 is 1.33 bits per heavy atom. The van der Waals surface area contributed by atoms with Crippen LogP contribution in [0.25, 0.3) is 11.4 Å². The molecule has 1 N–H and O–H groups in total. The van der Waals surface area contributed by atoms with Crippen LogP contribution in [-0.4, -0.2) is 20.2 Å². The first-order chi connectivity index (χ1) is 5.86. The largest absolute Gasteiger partial charge is 0.325 e. The van der Waals surface area contributed by atoms with E-state index in [1.807, 2.05) is 19.1 Å². The van der Waals surface area contributed by atoms with Crippen LogP contribution >= 0.6 is 0 Å². The van der Waals surface area contributed by atoms with Gasteiger partial charge in [-0.25, -0.2) is 0 Å². The molecule has 2 rings (SSSR count). The Morgan fingerprint density at radius 2 is 2.25 bits per heavy atom. The van der Waals surface area contributed by atoms with Crippen LogP contribution in [0.15, 0.2) is 24.5 Å². The summed E-state index contributed by atoms with van der Waals surface area (Å²) in [5.74, 6) is 1.58. The smallest absolute Gasteiger partial charge is 0.162 e. The van der Waals surface area contributed by atoms with E-state index in [4.69, 9.17) is 0 Å². The molecule has 0 fully saturated rings. The lowest BCUT2D eigenvalue weighted by Crippen LogP contribution is -1.80. The third-order valence-electron chi connectivity index (χ3n) is 1.53. The van der Waals surface area contributed by atoms with Crippen molar-refractivity contribution in [2.24, 2.45) is 0 Å². The summed E-state index contributed by atoms with van der Waals surface area (Å²) in [5.41, 5.74) is 0.957. The van der Waals surface area contributed by atoms with Gasteiger partial charge in [0.1, 0.15) is 5.82 Å². The maximum Gasteiger partial charge on any atom is 0.162 e. The molecule has 60 valence electrons. The lowest BCUT2D eigenvalue weighted by molar-refractivity contribution is 1.04. The molecule has 2 aromatic heterocycles. The summed E-state index contributed by atoms with van der Waals surface area (Å²) in [4.78, 5) is 7.01. The zero-order chi connectivity index (χ0) is 8.39. The molecule has 0 spiro atoms. The molecular formula is C8H8N4. The summed E-state index contributed by atoms with van der Waals surface area (Å²) >= 11 is 0. The standard InChI is InChI=1S/C8H8N4/c1-6-10-8(12-11-6)7-3-2-4-9-5-7/h2-5H,1H3,(H,10,11,12). The maximum atomic E-state index is 3.98. The van der Waals surface area contributed by atoms with Crippen molar-refractivity contribution in [2.75, 3.05) is 0 Å². The molecular weight excluding hydrogens is 152 g/mol. The van der Waals surface area contributed by atoms with Gasteiger partial charge in [-0.05, 0) is 19.1 Å². The topological polar surface area (TPSA) is 54.5 Å². The molecule has 0 saturated heterocycles. The fraction of sp³-hybridized carbons (Fsp3) is 0.125. The van der Waals surface area contributed by atoms with Crippen molar-refractivity contribution >= 4 is 0 Å². The van der Waals surface area contributed by atoms with E-state index >= 15 is 0 Å². The monoisotopic (exact) mass is 160 g/mol. The van der Waals surface area contributed by atoms with Gasteiger partial charge in [-0.3, -0.25) is 4.98 Å². The summed E-state index contributed by atoms with van der Waals surface area (Å²) in [6.45, 7) is 1.87. The maximum absolute atomic E-state index is 3.98. The number of hydrogen-bond donors (Lipinski definition) is 1. The number of aromatic amines is 1. The lowest BCUT2D eigenvalue weighted by atomic mass is 10.3. The summed E-state index contributed by atoms with van der Waals surface area (Å²) in [7, 11) is 0. The number of hydrogen-bond acceptors (Lipinski definition) is 3. The number of nitrogens with one attached hydrogen (secondary N) is 1. The highest BCUT2D eigenvalue weighted by atomic mass is 15.2. The van der Waals surface area contributed by atoms with Crippen LogP contribution in [0.1, 0.15) is 5.82 Å². The van der Waals surface area contributed by atoms with Gasteiger partial charge in [0.2, 0.25) is 0 Å². The highest BCUT2D eigenvalue weighted by Gasteiger charge is 2.00. The van der Waals surface area contributed by atoms with Crippen LogP contribution in [0.4, 0.5) is 0 Å². The Hall–Kier alpha value is -1.71. The predicted molar refractivity (Wildman–Crippen MR) is 44.4 cm³/mol. The van der Waals surface area contributed by atoms with Gasteiger partial charge in [0.25, 0.3) is 0 Å². The Balaban J connectivity index is 2.45. The van der Waals surface area contributed by atoms with Crippen LogP contribution in [0, 0.1) is 6.92 Å². The van der Waals surface area contributed by atoms with Crippen LogP contribution in [0.3, 0.4) is 0 Å². The first-order valence-electron chi connectivity index (χ1n) is 3.66. The fourth-order valence-electron chi connectivity index (χ4n) is 0.979. The van der Waals surface area contributed by atoms with E-state index in [2.05, 4.69) is 20.2 Å². The van der Waals surface area contributed by atoms with Gasteiger partial charge in [0, 0.05) is 18.0 Å². The SMILES string of the molecule is Cc1nnc(-c2cccnc2)[nH]1. The van der Waals surface area contributed by atoms with Gasteiger partial charge < -0.3 is 4.98 Å². The predicted octanol–water partition coefficient (Wildman–Crippen LogP) is 1.18. The highest BCUT2D eigenvalue weighted by molar-refractivity contribution is 5.52. The highest BCUT2D eigenvalue weighted by Crippen LogP contribution is 2.10. The van der Waals surface area contributed by atoms with Crippen molar-refractivity contribution in [3.63, 3.8) is 0 Å². The number of nitrogens with zero attached hydrogens (tertiary/aromatic N) is 3. The molecule has 2 heterocycles. The second-order valence-electron chi connectivity index (χ2n) is 2.50. The normalized spacial score (nSPS) is 10.1. The first kappa shape index (κ1) is 6.97. The number of pyridine rings is 1. The van der Waals surface area contributed by atoms with E-state index in [0.29, 0.717) is 0 Å². The number of aromatic nitrogens is 4. The van der Waals surface area contributed by atoms with E-state index in [1.54, 1.807) is 12.4 Å². The van der Waals surface area contributed by atoms with Crippen molar-refractivity contribution in [2.45, 2.75) is 6.92 Å². The van der Waals surface area contributed by atoms with Crippen LogP contribution in [0.2, 0.25) is 0 Å². The van der Waals surface area contributed by atoms with Crippen molar-refractivity contribution in [1.82, 2.24) is 20.2 Å². The van der Waals surface area contributed by atoms with Gasteiger partial charge in [-0.15, -0.1) is 10.2 Å². The zero-order valence-electron chi connectivity index (χ0n) is 6.65. The summed E-state index contributed by atoms with van der Waals surface area (Å²) < 4.78 is 0. The molecule has 4 heteroatoms. The fourth-order valence-corrected chi connectivity index (χ4v) is 0.979. The number of rotatable bonds is 1. The molecule has 0 aliphatic heterocycles. The van der Waals surface area contributed by atoms with Crippen molar-refractivity contribution < 1.29 is 0 Å². The molecule has 0 aliphatic carbocycles. The van der Waals surface area contributed by atoms with Crippen LogP contribution in [-0.2, 0) is 0 Å². The first-order valence-corrected chi connectivity index (χ1v) is 3.66. The van der Waals surface area contributed by atoms with Crippen LogP contribution < -0.4 is 0 Å². The van der Waals surface area contributed by atoms with Crippen molar-refractivity contribution in [1.29, 1.82) is 0 Å². The third-order valence-corrected chi connectivity index (χ3v) is 1.53. The average Bonchev–Trinajstić information content (AvgIpc) is 2.54. The van der Waals surface area contributed by atoms with Gasteiger partial charge in [-0.1, -0.05) is 0 Å². The summed E-state index contributed by atoms with van der Waals surface area (Å²) in [6.07, 6.45) is 3.48. The van der Waals surface area contributed by atoms with Gasteiger partial charge in [0.05, 0.1) is 0 Å². The molecule has 12 heavy (non-hydrogen) atoms. The van der Waals surface area contributed by atoms with Gasteiger partial charge in [0.15, 0.2) is 5.82 Å². The van der Waals surface area contributed by atoms with E-state index in [0.717, 1.165) is 17.2 Å². The Kier molecular flexibility index (Phi) is 1.59. The van der Waals surface area contributed by atoms with Crippen molar-refractivity contribution in [3.8, 4) is 11.4 Å². The van der Waals surface area contributed by atoms with Crippen molar-refractivity contribution in [3.05, 3.63) is 30.4 Å². The molecule has 0 saturated carbocycles. The molecule has 0 bridgehead atoms. The van der Waals surface area contributed by atoms with Gasteiger partial charge >= 0.3 is 0 Å². The second-order valence-corrected chi connectivity index (χ2v) is 2.50. The van der Waals surface area contributed by atoms with Crippen LogP contribution in [0.5, 0.6) is 0 Å². The van der Waals surface area contributed by atoms with E-state index < -0.39 is 0 Å². The molecule has 0 radical (unpaired) electrons. The minimum absolute atomic E-state index is 0.764. The average molecular weight is 160 g/mol. The number of aryl methyl sites for hydroxylation is 1. The van der Waals surface area contributed by atoms with Gasteiger partial charge in [-0.2, -0.15) is 0 Å². The van der Waals surface area contributed by atoms with E-state index in [-0.39, 0.29) is 0 Å². The molecule has 0 unspecified atom stereocenters. The quantitative estimate of drug-likeness (QED) is 0.681. The molecule has 0 amide bonds. The summed E-state index contributed by atoms with van der Waals surface area (Å²) in [5, 5.41) is 7.80. The second kappa shape index (κ2) is 2.73. The minimum atomic E-state index is 0.764. The molecule has 0 atom stereocenters. The third kappa shape index (κ3) is 1.18. The van der Waals surface area contributed by atoms with E-state index in [1.165, 1.54) is 0 Å². The lowest BCUT2D eigenvalue weighted by Gasteiger charge is -1.91. The molecule has 4 nitrogen and oxygen atoms in total. The molecule has 0 aromatic carbocycles. The number of H-pyrrole nitrogens is 1. The Bertz CT molecular complexity index is 366. The molecule has 0 aliphatic rings. The Labute approximate surface area is 69.7 Å². The summed E-state index contributed by atoms with van der Waals surface area (Å²) in [6, 6.07) is 3.81. The Morgan fingerprint density at radius 3 is 2.83 bits per heavy atom. The van der Waals surface area contributed by atoms with E-state index in [9.17, 15) is 0 Å². The minimum Gasteiger partial charge on any atom is -0.325 e. The molecule has 2 aromatic rings.